The number of primary amides is 1. The highest BCUT2D eigenvalue weighted by molar-refractivity contribution is 5.95. The largest absolute Gasteiger partial charge is 0.368 e. The summed E-state index contributed by atoms with van der Waals surface area (Å²) < 4.78 is 0. The maximum absolute atomic E-state index is 13.6. The van der Waals surface area contributed by atoms with Gasteiger partial charge in [-0.25, -0.2) is 0 Å². The molecule has 10 heteroatoms. The van der Waals surface area contributed by atoms with Gasteiger partial charge < -0.3 is 26.2 Å². The fourth-order valence-electron chi connectivity index (χ4n) is 6.33. The molecule has 10 nitrogen and oxygen atoms in total. The Morgan fingerprint density at radius 3 is 1.91 bits per heavy atom. The Kier molecular flexibility index (Phi) is 21.7. The molecule has 5 amide bonds. The van der Waals surface area contributed by atoms with E-state index in [4.69, 9.17) is 5.73 Å². The van der Waals surface area contributed by atoms with E-state index in [2.05, 4.69) is 29.7 Å². The number of carbonyl (C=O) groups excluding carboxylic acids is 5. The van der Waals surface area contributed by atoms with Crippen LogP contribution in [0.1, 0.15) is 151 Å². The van der Waals surface area contributed by atoms with E-state index < -0.39 is 36.0 Å². The summed E-state index contributed by atoms with van der Waals surface area (Å²) in [6, 6.07) is -3.14. The van der Waals surface area contributed by atoms with Gasteiger partial charge in [-0.2, -0.15) is 0 Å². The van der Waals surface area contributed by atoms with Crippen LogP contribution in [0.25, 0.3) is 0 Å². The van der Waals surface area contributed by atoms with Crippen LogP contribution < -0.4 is 16.4 Å². The molecule has 47 heavy (non-hydrogen) atoms. The number of allylic oxidation sites excluding steroid dienone is 2. The SMILES string of the molecule is CCCCCCCC/C=C\CCCCCCCC(=O)NC(C)C(=O)NC(C)C(=O)N1CCCC1C(=O)N(CCC)C(C(N)=O)C(C)C. The number of hydrogen-bond donors (Lipinski definition) is 3. The molecule has 0 aliphatic carbocycles. The Labute approximate surface area is 285 Å². The van der Waals surface area contributed by atoms with Crippen molar-refractivity contribution in [1.29, 1.82) is 0 Å². The summed E-state index contributed by atoms with van der Waals surface area (Å²) in [6.45, 7) is 11.8. The van der Waals surface area contributed by atoms with Crippen molar-refractivity contribution in [3.63, 3.8) is 0 Å². The average Bonchev–Trinajstić information content (AvgIpc) is 3.51. The van der Waals surface area contributed by atoms with Gasteiger partial charge in [0.25, 0.3) is 0 Å². The molecule has 1 heterocycles. The minimum Gasteiger partial charge on any atom is -0.368 e. The highest BCUT2D eigenvalue weighted by Crippen LogP contribution is 2.23. The fourth-order valence-corrected chi connectivity index (χ4v) is 6.33. The quantitative estimate of drug-likeness (QED) is 0.0841. The van der Waals surface area contributed by atoms with Crippen molar-refractivity contribution in [3.05, 3.63) is 12.2 Å². The zero-order chi connectivity index (χ0) is 35.2. The third kappa shape index (κ3) is 16.2. The van der Waals surface area contributed by atoms with Crippen LogP contribution in [0, 0.1) is 5.92 Å². The lowest BCUT2D eigenvalue weighted by Crippen LogP contribution is -2.58. The van der Waals surface area contributed by atoms with Gasteiger partial charge in [0.1, 0.15) is 24.2 Å². The monoisotopic (exact) mass is 662 g/mol. The van der Waals surface area contributed by atoms with Gasteiger partial charge in [0.15, 0.2) is 0 Å². The summed E-state index contributed by atoms with van der Waals surface area (Å²) in [6.07, 6.45) is 22.2. The molecular weight excluding hydrogens is 594 g/mol. The molecule has 1 rings (SSSR count). The van der Waals surface area contributed by atoms with Crippen molar-refractivity contribution in [2.24, 2.45) is 11.7 Å². The maximum atomic E-state index is 13.6. The summed E-state index contributed by atoms with van der Waals surface area (Å²) in [5, 5.41) is 5.45. The van der Waals surface area contributed by atoms with Crippen LogP contribution in [0.15, 0.2) is 12.2 Å². The van der Waals surface area contributed by atoms with Crippen LogP contribution in [-0.2, 0) is 24.0 Å². The first-order valence-corrected chi connectivity index (χ1v) is 18.6. The first-order chi connectivity index (χ1) is 22.5. The van der Waals surface area contributed by atoms with Crippen molar-refractivity contribution >= 4 is 29.5 Å². The topological polar surface area (TPSA) is 142 Å². The third-order valence-corrected chi connectivity index (χ3v) is 8.99. The number of rotatable bonds is 25. The van der Waals surface area contributed by atoms with Crippen LogP contribution in [-0.4, -0.2) is 76.6 Å². The minimum atomic E-state index is -0.877. The summed E-state index contributed by atoms with van der Waals surface area (Å²) in [4.78, 5) is 67.5. The molecule has 270 valence electrons. The van der Waals surface area contributed by atoms with E-state index in [9.17, 15) is 24.0 Å². The first-order valence-electron chi connectivity index (χ1n) is 18.6. The molecule has 4 unspecified atom stereocenters. The molecule has 4 N–H and O–H groups in total. The van der Waals surface area contributed by atoms with E-state index in [1.807, 2.05) is 20.8 Å². The molecule has 0 saturated carbocycles. The standard InChI is InChI=1S/C37H67N5O5/c1-7-9-10-11-12-13-14-15-16-17-18-19-20-21-22-25-32(43)39-29(5)35(45)40-30(6)36(46)41-27-23-24-31(41)37(47)42(26-8-2)33(28(3)4)34(38)44/h15-16,28-31,33H,7-14,17-27H2,1-6H3,(H2,38,44)(H,39,43)(H,40,45)/b16-15-. The predicted octanol–water partition coefficient (Wildman–Crippen LogP) is 5.77. The summed E-state index contributed by atoms with van der Waals surface area (Å²) in [5.41, 5.74) is 5.66. The van der Waals surface area contributed by atoms with Crippen LogP contribution in [0.5, 0.6) is 0 Å². The molecule has 4 atom stereocenters. The molecule has 1 aliphatic heterocycles. The van der Waals surface area contributed by atoms with Crippen LogP contribution in [0.4, 0.5) is 0 Å². The number of unbranched alkanes of at least 4 members (excludes halogenated alkanes) is 11. The second kappa shape index (κ2) is 24.3. The van der Waals surface area contributed by atoms with Gasteiger partial charge >= 0.3 is 0 Å². The van der Waals surface area contributed by atoms with E-state index in [0.29, 0.717) is 38.8 Å². The fraction of sp³-hybridized carbons (Fsp3) is 0.811. The Morgan fingerprint density at radius 2 is 1.36 bits per heavy atom. The lowest BCUT2D eigenvalue weighted by atomic mass is 10.00. The Balaban J connectivity index is 2.39. The zero-order valence-corrected chi connectivity index (χ0v) is 30.5. The molecular formula is C37H67N5O5. The van der Waals surface area contributed by atoms with Crippen molar-refractivity contribution < 1.29 is 24.0 Å². The predicted molar refractivity (Wildman–Crippen MR) is 189 cm³/mol. The van der Waals surface area contributed by atoms with Gasteiger partial charge in [-0.1, -0.05) is 91.2 Å². The van der Waals surface area contributed by atoms with E-state index in [0.717, 1.165) is 32.1 Å². The van der Waals surface area contributed by atoms with Crippen LogP contribution >= 0.6 is 0 Å². The third-order valence-electron chi connectivity index (χ3n) is 8.99. The minimum absolute atomic E-state index is 0.166. The van der Waals surface area contributed by atoms with Crippen LogP contribution in [0.3, 0.4) is 0 Å². The van der Waals surface area contributed by atoms with E-state index >= 15 is 0 Å². The molecule has 1 fully saturated rings. The number of nitrogens with one attached hydrogen (secondary N) is 2. The Bertz CT molecular complexity index is 984. The van der Waals surface area contributed by atoms with Crippen molar-refractivity contribution in [1.82, 2.24) is 20.4 Å². The van der Waals surface area contributed by atoms with E-state index in [-0.39, 0.29) is 23.6 Å². The summed E-state index contributed by atoms with van der Waals surface area (Å²) in [5.74, 6) is -2.01. The maximum Gasteiger partial charge on any atom is 0.246 e. The second-order valence-electron chi connectivity index (χ2n) is 13.7. The highest BCUT2D eigenvalue weighted by Gasteiger charge is 2.41. The number of carbonyl (C=O) groups is 5. The number of nitrogens with two attached hydrogens (primary N) is 1. The molecule has 0 spiro atoms. The average molecular weight is 662 g/mol. The summed E-state index contributed by atoms with van der Waals surface area (Å²) in [7, 11) is 0. The van der Waals surface area contributed by atoms with Crippen LogP contribution in [0.2, 0.25) is 0 Å². The van der Waals surface area contributed by atoms with Gasteiger partial charge in [0, 0.05) is 19.5 Å². The number of nitrogens with zero attached hydrogens (tertiary/aromatic N) is 2. The smallest absolute Gasteiger partial charge is 0.246 e. The molecule has 0 aromatic carbocycles. The summed E-state index contributed by atoms with van der Waals surface area (Å²) >= 11 is 0. The number of hydrogen-bond acceptors (Lipinski definition) is 5. The van der Waals surface area contributed by atoms with Gasteiger partial charge in [0.05, 0.1) is 0 Å². The van der Waals surface area contributed by atoms with E-state index in [1.165, 1.54) is 61.2 Å². The van der Waals surface area contributed by atoms with Gasteiger partial charge in [-0.05, 0) is 71.1 Å². The number of amides is 5. The molecule has 1 saturated heterocycles. The molecule has 0 bridgehead atoms. The lowest BCUT2D eigenvalue weighted by molar-refractivity contribution is -0.149. The normalized spacial score (nSPS) is 16.7. The Morgan fingerprint density at radius 1 is 0.787 bits per heavy atom. The molecule has 0 aromatic heterocycles. The zero-order valence-electron chi connectivity index (χ0n) is 30.5. The lowest BCUT2D eigenvalue weighted by Gasteiger charge is -2.36. The molecule has 1 aliphatic rings. The van der Waals surface area contributed by atoms with Gasteiger partial charge in [0.2, 0.25) is 29.5 Å². The highest BCUT2D eigenvalue weighted by atomic mass is 16.2. The first kappa shape index (κ1) is 42.1. The van der Waals surface area contributed by atoms with Crippen molar-refractivity contribution in [2.45, 2.75) is 175 Å². The van der Waals surface area contributed by atoms with E-state index in [1.54, 1.807) is 13.8 Å². The van der Waals surface area contributed by atoms with Gasteiger partial charge in [-0.3, -0.25) is 24.0 Å². The number of likely N-dealkylation sites (tertiary alicyclic amines) is 1. The van der Waals surface area contributed by atoms with Crippen molar-refractivity contribution in [2.75, 3.05) is 13.1 Å². The second-order valence-corrected chi connectivity index (χ2v) is 13.7. The van der Waals surface area contributed by atoms with Crippen molar-refractivity contribution in [3.8, 4) is 0 Å². The van der Waals surface area contributed by atoms with Gasteiger partial charge in [-0.15, -0.1) is 0 Å². The Hall–Kier alpha value is -2.91. The molecule has 0 aromatic rings. The molecule has 0 radical (unpaired) electrons.